The average Bonchev–Trinajstić information content (AvgIpc) is 2.67. The monoisotopic (exact) mass is 456 g/mol. The molecular weight excluding hydrogens is 445 g/mol. The first-order chi connectivity index (χ1) is 13.5. The zero-order chi connectivity index (χ0) is 19.9. The van der Waals surface area contributed by atoms with Gasteiger partial charge in [0, 0.05) is 19.2 Å². The second-order valence-corrected chi connectivity index (χ2v) is 7.69. The van der Waals surface area contributed by atoms with Crippen LogP contribution in [0.4, 0.5) is 0 Å². The van der Waals surface area contributed by atoms with Crippen LogP contribution in [0.15, 0.2) is 72.8 Å². The van der Waals surface area contributed by atoms with E-state index in [2.05, 4.69) is 0 Å². The number of rotatable bonds is 8. The van der Waals surface area contributed by atoms with Crippen molar-refractivity contribution in [2.45, 2.75) is 0 Å². The van der Waals surface area contributed by atoms with Crippen molar-refractivity contribution in [1.82, 2.24) is 0 Å². The molecule has 0 aromatic heterocycles. The highest BCUT2D eigenvalue weighted by Gasteiger charge is 2.26. The molecule has 0 amide bonds. The fourth-order valence-electron chi connectivity index (χ4n) is 1.93. The van der Waals surface area contributed by atoms with E-state index in [1.54, 1.807) is 48.5 Å². The molecule has 0 aliphatic heterocycles. The summed E-state index contributed by atoms with van der Waals surface area (Å²) in [7, 11) is -4.86. The van der Waals surface area contributed by atoms with E-state index in [1.807, 2.05) is 0 Å². The lowest BCUT2D eigenvalue weighted by Gasteiger charge is -1.97. The number of hydrogen-bond donors (Lipinski definition) is 0. The normalized spacial score (nSPS) is 11.4. The molecule has 3 aromatic rings. The van der Waals surface area contributed by atoms with Crippen LogP contribution in [0.1, 0.15) is 0 Å². The fraction of sp³-hybridized carbons (Fsp3) is 0. The molecule has 0 radical (unpaired) electrons. The van der Waals surface area contributed by atoms with Gasteiger partial charge in [0.15, 0.2) is 23.0 Å². The minimum Gasteiger partial charge on any atom is -0.222 e. The van der Waals surface area contributed by atoms with Gasteiger partial charge in [-0.25, -0.2) is 18.1 Å². The molecule has 0 fully saturated rings. The van der Waals surface area contributed by atoms with Gasteiger partial charge in [0.05, 0.1) is 0 Å². The van der Waals surface area contributed by atoms with E-state index >= 15 is 0 Å². The summed E-state index contributed by atoms with van der Waals surface area (Å²) in [6.45, 7) is 0. The highest BCUT2D eigenvalue weighted by molar-refractivity contribution is 7.34. The first-order valence-corrected chi connectivity index (χ1v) is 10.7. The van der Waals surface area contributed by atoms with Crippen molar-refractivity contribution >= 4 is 39.7 Å². The first kappa shape index (κ1) is 20.4. The number of halogens is 2. The highest BCUT2D eigenvalue weighted by Crippen LogP contribution is 2.34. The second-order valence-electron chi connectivity index (χ2n) is 5.19. The van der Waals surface area contributed by atoms with Crippen LogP contribution in [0, 0.1) is 0 Å². The summed E-state index contributed by atoms with van der Waals surface area (Å²) in [5.41, 5.74) is 0. The van der Waals surface area contributed by atoms with Crippen molar-refractivity contribution in [2.75, 3.05) is 0 Å². The van der Waals surface area contributed by atoms with E-state index in [4.69, 9.17) is 41.3 Å². The van der Waals surface area contributed by atoms with Gasteiger partial charge in [0.25, 0.3) is 0 Å². The van der Waals surface area contributed by atoms with E-state index in [1.165, 1.54) is 24.3 Å². The summed E-state index contributed by atoms with van der Waals surface area (Å²) >= 11 is 11.5. The molecule has 3 aromatic carbocycles. The SMILES string of the molecule is O=[P+](Oc1ccc(Cl)cc1)Oc1ccc(O[P+](=O)Oc2ccc(Cl)cc2)cc1. The minimum absolute atomic E-state index is 0.288. The second kappa shape index (κ2) is 9.72. The Morgan fingerprint density at radius 2 is 0.679 bits per heavy atom. The highest BCUT2D eigenvalue weighted by atomic mass is 35.5. The summed E-state index contributed by atoms with van der Waals surface area (Å²) in [4.78, 5) is 0. The van der Waals surface area contributed by atoms with Crippen LogP contribution in [-0.2, 0) is 9.13 Å². The predicted octanol–water partition coefficient (Wildman–Crippen LogP) is 7.22. The van der Waals surface area contributed by atoms with Gasteiger partial charge in [-0.05, 0) is 72.8 Å². The lowest BCUT2D eigenvalue weighted by molar-refractivity contribution is 0.410. The van der Waals surface area contributed by atoms with E-state index in [-0.39, 0.29) is 11.5 Å². The van der Waals surface area contributed by atoms with Crippen LogP contribution in [0.2, 0.25) is 10.0 Å². The summed E-state index contributed by atoms with van der Waals surface area (Å²) in [5, 5.41) is 1.08. The number of benzene rings is 3. The molecule has 0 saturated carbocycles. The topological polar surface area (TPSA) is 71.1 Å². The molecule has 0 aliphatic rings. The molecule has 10 heteroatoms. The molecule has 28 heavy (non-hydrogen) atoms. The Morgan fingerprint density at radius 3 is 0.929 bits per heavy atom. The maximum Gasteiger partial charge on any atom is 0.805 e. The molecule has 0 N–H and O–H groups in total. The molecule has 0 heterocycles. The minimum atomic E-state index is -2.43. The van der Waals surface area contributed by atoms with E-state index < -0.39 is 16.5 Å². The van der Waals surface area contributed by atoms with E-state index in [0.717, 1.165) is 0 Å². The number of hydrogen-bond acceptors (Lipinski definition) is 6. The Kier molecular flexibility index (Phi) is 7.07. The van der Waals surface area contributed by atoms with Gasteiger partial charge < -0.3 is 0 Å². The molecule has 142 valence electrons. The third-order valence-electron chi connectivity index (χ3n) is 3.17. The predicted molar refractivity (Wildman–Crippen MR) is 107 cm³/mol. The Balaban J connectivity index is 1.51. The molecule has 6 nitrogen and oxygen atoms in total. The molecule has 0 bridgehead atoms. The quantitative estimate of drug-likeness (QED) is 0.333. The fourth-order valence-corrected chi connectivity index (χ4v) is 3.44. The largest absolute Gasteiger partial charge is 0.805 e. The van der Waals surface area contributed by atoms with E-state index in [9.17, 15) is 9.13 Å². The average molecular weight is 457 g/mol. The zero-order valence-corrected chi connectivity index (χ0v) is 17.3. The molecule has 0 spiro atoms. The Bertz CT molecular complexity index is 882. The maximum atomic E-state index is 11.9. The van der Waals surface area contributed by atoms with Gasteiger partial charge in [-0.1, -0.05) is 23.2 Å². The van der Waals surface area contributed by atoms with Crippen LogP contribution in [0.25, 0.3) is 0 Å². The zero-order valence-electron chi connectivity index (χ0n) is 14.0. The lowest BCUT2D eigenvalue weighted by atomic mass is 10.3. The Morgan fingerprint density at radius 1 is 0.464 bits per heavy atom. The standard InChI is InChI=1S/C18H12Cl2O6P2/c19-13-1-5-15(6-2-13)23-27(21)25-17-9-11-18(12-10-17)26-28(22)24-16-7-3-14(20)4-8-16/h1-12H/q+2. The van der Waals surface area contributed by atoms with Gasteiger partial charge in [0.1, 0.15) is 0 Å². The molecular formula is C18H12Cl2O6P2+2. The summed E-state index contributed by atoms with van der Waals surface area (Å²) in [6, 6.07) is 18.7. The summed E-state index contributed by atoms with van der Waals surface area (Å²) in [6.07, 6.45) is 0. The Hall–Kier alpha value is -2.36. The first-order valence-electron chi connectivity index (χ1n) is 7.75. The maximum absolute atomic E-state index is 11.9. The van der Waals surface area contributed by atoms with Crippen molar-refractivity contribution in [1.29, 1.82) is 0 Å². The van der Waals surface area contributed by atoms with Gasteiger partial charge >= 0.3 is 16.5 Å². The summed E-state index contributed by atoms with van der Waals surface area (Å²) < 4.78 is 44.6. The smallest absolute Gasteiger partial charge is 0.222 e. The van der Waals surface area contributed by atoms with Crippen LogP contribution in [-0.4, -0.2) is 0 Å². The van der Waals surface area contributed by atoms with Crippen molar-refractivity contribution in [2.24, 2.45) is 0 Å². The van der Waals surface area contributed by atoms with Crippen LogP contribution in [0.3, 0.4) is 0 Å². The van der Waals surface area contributed by atoms with Crippen LogP contribution >= 0.6 is 39.7 Å². The summed E-state index contributed by atoms with van der Waals surface area (Å²) in [5.74, 6) is 1.30. The van der Waals surface area contributed by atoms with Crippen molar-refractivity contribution in [3.63, 3.8) is 0 Å². The van der Waals surface area contributed by atoms with Gasteiger partial charge in [-0.15, -0.1) is 0 Å². The van der Waals surface area contributed by atoms with Gasteiger partial charge in [-0.3, -0.25) is 0 Å². The van der Waals surface area contributed by atoms with E-state index in [0.29, 0.717) is 21.5 Å². The van der Waals surface area contributed by atoms with Gasteiger partial charge in [0.2, 0.25) is 0 Å². The third kappa shape index (κ3) is 6.36. The van der Waals surface area contributed by atoms with Crippen molar-refractivity contribution < 1.29 is 27.2 Å². The van der Waals surface area contributed by atoms with Crippen molar-refractivity contribution in [3.8, 4) is 23.0 Å². The third-order valence-corrected chi connectivity index (χ3v) is 5.11. The molecule has 0 saturated heterocycles. The van der Waals surface area contributed by atoms with Crippen molar-refractivity contribution in [3.05, 3.63) is 82.8 Å². The molecule has 2 unspecified atom stereocenters. The lowest BCUT2D eigenvalue weighted by Crippen LogP contribution is -1.90. The molecule has 2 atom stereocenters. The van der Waals surface area contributed by atoms with Gasteiger partial charge in [-0.2, -0.15) is 0 Å². The Labute approximate surface area is 172 Å². The molecule has 3 rings (SSSR count). The molecule has 0 aliphatic carbocycles. The van der Waals surface area contributed by atoms with Crippen LogP contribution in [0.5, 0.6) is 23.0 Å². The van der Waals surface area contributed by atoms with Crippen LogP contribution < -0.4 is 18.1 Å².